The van der Waals surface area contributed by atoms with Gasteiger partial charge in [0.05, 0.1) is 17.9 Å². The summed E-state index contributed by atoms with van der Waals surface area (Å²) in [7, 11) is 0. The zero-order chi connectivity index (χ0) is 16.5. The van der Waals surface area contributed by atoms with Gasteiger partial charge in [-0.05, 0) is 67.5 Å². The van der Waals surface area contributed by atoms with Crippen molar-refractivity contribution in [1.82, 2.24) is 9.36 Å². The number of fused-ring (bicyclic) bond motifs is 1. The van der Waals surface area contributed by atoms with Crippen molar-refractivity contribution in [3.8, 4) is 11.5 Å². The van der Waals surface area contributed by atoms with Crippen molar-refractivity contribution in [1.29, 1.82) is 0 Å². The molecule has 6 heteroatoms. The fraction of sp³-hybridized carbons (Fsp3) is 0.278. The summed E-state index contributed by atoms with van der Waals surface area (Å²) in [5.41, 5.74) is 1.29. The largest absolute Gasteiger partial charge is 0.493 e. The number of hydrogen-bond acceptors (Lipinski definition) is 6. The molecule has 1 saturated carbocycles. The molecule has 0 spiro atoms. The van der Waals surface area contributed by atoms with Crippen molar-refractivity contribution in [2.45, 2.75) is 19.8 Å². The Balaban J connectivity index is 1.44. The Kier molecular flexibility index (Phi) is 3.90. The Morgan fingerprint density at radius 3 is 2.75 bits per heavy atom. The number of ether oxygens (including phenoxy) is 2. The van der Waals surface area contributed by atoms with E-state index in [2.05, 4.69) is 9.36 Å². The number of carbonyl (C=O) groups is 1. The molecule has 1 fully saturated rings. The van der Waals surface area contributed by atoms with Gasteiger partial charge >= 0.3 is 5.97 Å². The smallest absolute Gasteiger partial charge is 0.345 e. The Bertz CT molecular complexity index is 885. The first-order valence-corrected chi connectivity index (χ1v) is 8.63. The van der Waals surface area contributed by atoms with Crippen LogP contribution in [0.3, 0.4) is 0 Å². The second-order valence-electron chi connectivity index (χ2n) is 5.96. The first-order chi connectivity index (χ1) is 11.7. The van der Waals surface area contributed by atoms with E-state index < -0.39 is 5.97 Å². The van der Waals surface area contributed by atoms with Crippen LogP contribution in [-0.4, -0.2) is 21.9 Å². The molecule has 2 heterocycles. The fourth-order valence-electron chi connectivity index (χ4n) is 2.33. The average Bonchev–Trinajstić information content (AvgIpc) is 3.37. The molecule has 1 aromatic carbocycles. The monoisotopic (exact) mass is 340 g/mol. The van der Waals surface area contributed by atoms with Crippen molar-refractivity contribution >= 4 is 27.7 Å². The van der Waals surface area contributed by atoms with Gasteiger partial charge in [-0.25, -0.2) is 9.78 Å². The van der Waals surface area contributed by atoms with Gasteiger partial charge < -0.3 is 9.47 Å². The van der Waals surface area contributed by atoms with E-state index >= 15 is 0 Å². The molecule has 24 heavy (non-hydrogen) atoms. The molecule has 0 amide bonds. The minimum Gasteiger partial charge on any atom is -0.493 e. The number of benzene rings is 1. The van der Waals surface area contributed by atoms with Crippen LogP contribution < -0.4 is 9.47 Å². The van der Waals surface area contributed by atoms with Crippen LogP contribution in [0.5, 0.6) is 11.5 Å². The molecule has 0 bridgehead atoms. The lowest BCUT2D eigenvalue weighted by molar-refractivity contribution is 0.0734. The van der Waals surface area contributed by atoms with Crippen LogP contribution in [0.4, 0.5) is 0 Å². The lowest BCUT2D eigenvalue weighted by atomic mass is 10.2. The summed E-state index contributed by atoms with van der Waals surface area (Å²) >= 11 is 1.32. The SMILES string of the molecule is Cc1nsc2ncc(C(=O)Oc3ccc(OCC4CC4)cc3)cc12. The minimum atomic E-state index is -0.429. The molecule has 1 aliphatic rings. The van der Waals surface area contributed by atoms with Crippen LogP contribution in [0.2, 0.25) is 0 Å². The van der Waals surface area contributed by atoms with E-state index in [9.17, 15) is 4.79 Å². The van der Waals surface area contributed by atoms with E-state index in [0.29, 0.717) is 17.2 Å². The Morgan fingerprint density at radius 1 is 1.25 bits per heavy atom. The predicted molar refractivity (Wildman–Crippen MR) is 91.8 cm³/mol. The number of carbonyl (C=O) groups excluding carboxylic acids is 1. The molecule has 1 aliphatic carbocycles. The summed E-state index contributed by atoms with van der Waals surface area (Å²) in [6.45, 7) is 2.66. The number of rotatable bonds is 5. The van der Waals surface area contributed by atoms with Crippen molar-refractivity contribution in [3.63, 3.8) is 0 Å². The van der Waals surface area contributed by atoms with Crippen LogP contribution in [-0.2, 0) is 0 Å². The summed E-state index contributed by atoms with van der Waals surface area (Å²) in [5, 5.41) is 0.887. The molecular weight excluding hydrogens is 324 g/mol. The van der Waals surface area contributed by atoms with Crippen LogP contribution in [0.25, 0.3) is 10.2 Å². The van der Waals surface area contributed by atoms with Gasteiger partial charge in [0, 0.05) is 11.6 Å². The van der Waals surface area contributed by atoms with E-state index in [1.165, 1.54) is 30.6 Å². The third-order valence-corrected chi connectivity index (χ3v) is 4.83. The second kappa shape index (κ2) is 6.20. The maximum atomic E-state index is 12.3. The topological polar surface area (TPSA) is 61.3 Å². The summed E-state index contributed by atoms with van der Waals surface area (Å²) < 4.78 is 15.3. The van der Waals surface area contributed by atoms with Crippen LogP contribution in [0, 0.1) is 12.8 Å². The molecule has 5 nitrogen and oxygen atoms in total. The molecule has 0 aliphatic heterocycles. The summed E-state index contributed by atoms with van der Waals surface area (Å²) in [4.78, 5) is 17.4. The van der Waals surface area contributed by atoms with Crippen molar-refractivity contribution in [2.24, 2.45) is 5.92 Å². The molecule has 0 unspecified atom stereocenters. The Morgan fingerprint density at radius 2 is 2.00 bits per heavy atom. The van der Waals surface area contributed by atoms with E-state index in [4.69, 9.17) is 9.47 Å². The highest BCUT2D eigenvalue weighted by molar-refractivity contribution is 7.12. The zero-order valence-electron chi connectivity index (χ0n) is 13.2. The fourth-order valence-corrected chi connectivity index (χ4v) is 3.05. The zero-order valence-corrected chi connectivity index (χ0v) is 14.0. The van der Waals surface area contributed by atoms with Crippen LogP contribution in [0.15, 0.2) is 36.5 Å². The number of pyridine rings is 1. The molecule has 122 valence electrons. The van der Waals surface area contributed by atoms with Gasteiger partial charge in [0.2, 0.25) is 0 Å². The molecule has 4 rings (SSSR count). The van der Waals surface area contributed by atoms with E-state index in [1.54, 1.807) is 18.2 Å². The van der Waals surface area contributed by atoms with Gasteiger partial charge in [-0.15, -0.1) is 0 Å². The highest BCUT2D eigenvalue weighted by Gasteiger charge is 2.21. The lowest BCUT2D eigenvalue weighted by Gasteiger charge is -2.07. The van der Waals surface area contributed by atoms with E-state index in [-0.39, 0.29) is 0 Å². The predicted octanol–water partition coefficient (Wildman–Crippen LogP) is 4.01. The normalized spacial score (nSPS) is 13.9. The Labute approximate surface area is 143 Å². The number of aryl methyl sites for hydroxylation is 1. The average molecular weight is 340 g/mol. The summed E-state index contributed by atoms with van der Waals surface area (Å²) in [6.07, 6.45) is 4.04. The van der Waals surface area contributed by atoms with Crippen LogP contribution >= 0.6 is 11.5 Å². The maximum absolute atomic E-state index is 12.3. The minimum absolute atomic E-state index is 0.417. The molecule has 3 aromatic rings. The van der Waals surface area contributed by atoms with E-state index in [0.717, 1.165) is 28.3 Å². The molecule has 0 N–H and O–H groups in total. The van der Waals surface area contributed by atoms with Crippen LogP contribution in [0.1, 0.15) is 28.9 Å². The maximum Gasteiger partial charge on any atom is 0.345 e. The number of aromatic nitrogens is 2. The van der Waals surface area contributed by atoms with Gasteiger partial charge in [0.15, 0.2) is 0 Å². The quantitative estimate of drug-likeness (QED) is 0.519. The third-order valence-electron chi connectivity index (χ3n) is 3.96. The van der Waals surface area contributed by atoms with Gasteiger partial charge in [0.1, 0.15) is 16.3 Å². The number of hydrogen-bond donors (Lipinski definition) is 0. The van der Waals surface area contributed by atoms with E-state index in [1.807, 2.05) is 19.1 Å². The molecule has 0 saturated heterocycles. The highest BCUT2D eigenvalue weighted by atomic mass is 32.1. The third kappa shape index (κ3) is 3.23. The first kappa shape index (κ1) is 15.1. The first-order valence-electron chi connectivity index (χ1n) is 7.86. The van der Waals surface area contributed by atoms with Gasteiger partial charge in [0.25, 0.3) is 0 Å². The molecule has 0 radical (unpaired) electrons. The van der Waals surface area contributed by atoms with Crippen molar-refractivity contribution in [3.05, 3.63) is 47.8 Å². The van der Waals surface area contributed by atoms with Gasteiger partial charge in [-0.3, -0.25) is 0 Å². The summed E-state index contributed by atoms with van der Waals surface area (Å²) in [6, 6.07) is 8.89. The molecule has 0 atom stereocenters. The lowest BCUT2D eigenvalue weighted by Crippen LogP contribution is -2.08. The second-order valence-corrected chi connectivity index (χ2v) is 6.71. The van der Waals surface area contributed by atoms with Gasteiger partial charge in [-0.1, -0.05) is 0 Å². The highest BCUT2D eigenvalue weighted by Crippen LogP contribution is 2.30. The number of nitrogens with zero attached hydrogens (tertiary/aromatic N) is 2. The molecule has 2 aromatic heterocycles. The number of esters is 1. The van der Waals surface area contributed by atoms with Crippen molar-refractivity contribution in [2.75, 3.05) is 6.61 Å². The Hall–Kier alpha value is -2.47. The summed E-state index contributed by atoms with van der Waals surface area (Å²) in [5.74, 6) is 1.56. The van der Waals surface area contributed by atoms with Gasteiger partial charge in [-0.2, -0.15) is 4.37 Å². The standard InChI is InChI=1S/C18H16N2O3S/c1-11-16-8-13(9-19-17(16)24-20-11)18(21)23-15-6-4-14(5-7-15)22-10-12-2-3-12/h4-9,12H,2-3,10H2,1H3. The molecular formula is C18H16N2O3S. The van der Waals surface area contributed by atoms with Crippen molar-refractivity contribution < 1.29 is 14.3 Å².